The van der Waals surface area contributed by atoms with Crippen LogP contribution in [-0.2, 0) is 6.61 Å². The zero-order valence-corrected chi connectivity index (χ0v) is 14.3. The molecule has 0 aliphatic carbocycles. The zero-order valence-electron chi connectivity index (χ0n) is 10.3. The van der Waals surface area contributed by atoms with E-state index in [0.717, 1.165) is 25.2 Å². The summed E-state index contributed by atoms with van der Waals surface area (Å²) in [6, 6.07) is 11.7. The molecular formula is C14H10Br2N2OS. The summed E-state index contributed by atoms with van der Waals surface area (Å²) in [5.41, 5.74) is 7.44. The van der Waals surface area contributed by atoms with Crippen LogP contribution in [0.5, 0.6) is 5.75 Å². The second-order valence-electron chi connectivity index (χ2n) is 4.18. The smallest absolute Gasteiger partial charge is 0.148 e. The third-order valence-corrected chi connectivity index (χ3v) is 4.89. The number of para-hydroxylation sites is 1. The van der Waals surface area contributed by atoms with Crippen molar-refractivity contribution in [3.05, 3.63) is 50.4 Å². The number of nitrogens with two attached hydrogens (primary N) is 1. The Bertz CT molecular complexity index is 717. The summed E-state index contributed by atoms with van der Waals surface area (Å²) in [6.45, 7) is 0.431. The number of halogens is 2. The first-order valence-electron chi connectivity index (χ1n) is 5.85. The largest absolute Gasteiger partial charge is 0.484 e. The van der Waals surface area contributed by atoms with Gasteiger partial charge in [0.2, 0.25) is 0 Å². The summed E-state index contributed by atoms with van der Waals surface area (Å²) in [4.78, 5) is 4.54. The fourth-order valence-corrected chi connectivity index (χ4v) is 4.16. The highest BCUT2D eigenvalue weighted by Gasteiger charge is 2.10. The molecule has 20 heavy (non-hydrogen) atoms. The van der Waals surface area contributed by atoms with Crippen molar-refractivity contribution in [2.75, 3.05) is 5.73 Å². The van der Waals surface area contributed by atoms with Crippen LogP contribution in [0.15, 0.2) is 45.3 Å². The maximum Gasteiger partial charge on any atom is 0.148 e. The molecule has 1 heterocycles. The van der Waals surface area contributed by atoms with Gasteiger partial charge in [-0.05, 0) is 56.1 Å². The summed E-state index contributed by atoms with van der Waals surface area (Å²) < 4.78 is 8.65. The van der Waals surface area contributed by atoms with Crippen LogP contribution in [0.1, 0.15) is 5.01 Å². The number of hydrogen-bond donors (Lipinski definition) is 1. The Balaban J connectivity index is 1.83. The number of nitrogen functional groups attached to an aromatic ring is 1. The minimum Gasteiger partial charge on any atom is -0.484 e. The molecule has 3 nitrogen and oxygen atoms in total. The van der Waals surface area contributed by atoms with Crippen LogP contribution >= 0.6 is 43.2 Å². The molecule has 1 aromatic heterocycles. The van der Waals surface area contributed by atoms with Crippen molar-refractivity contribution in [1.29, 1.82) is 0 Å². The monoisotopic (exact) mass is 412 g/mol. The first-order chi connectivity index (χ1) is 9.63. The van der Waals surface area contributed by atoms with Gasteiger partial charge in [-0.25, -0.2) is 4.98 Å². The number of nitrogens with zero attached hydrogens (tertiary/aromatic N) is 1. The van der Waals surface area contributed by atoms with E-state index in [0.29, 0.717) is 12.3 Å². The SMILES string of the molecule is Nc1cc(Br)c(OCc2nc3ccccc3s2)c(Br)c1. The minimum atomic E-state index is 0.431. The van der Waals surface area contributed by atoms with E-state index >= 15 is 0 Å². The average molecular weight is 414 g/mol. The van der Waals surface area contributed by atoms with Crippen LogP contribution in [0.2, 0.25) is 0 Å². The van der Waals surface area contributed by atoms with Crippen molar-refractivity contribution >= 4 is 59.1 Å². The number of fused-ring (bicyclic) bond motifs is 1. The highest BCUT2D eigenvalue weighted by atomic mass is 79.9. The summed E-state index contributed by atoms with van der Waals surface area (Å²) in [5.74, 6) is 0.735. The Hall–Kier alpha value is -1.11. The van der Waals surface area contributed by atoms with E-state index in [9.17, 15) is 0 Å². The molecule has 0 fully saturated rings. The van der Waals surface area contributed by atoms with Crippen molar-refractivity contribution in [2.24, 2.45) is 0 Å². The predicted molar refractivity (Wildman–Crippen MR) is 90.2 cm³/mol. The van der Waals surface area contributed by atoms with Crippen LogP contribution in [0.3, 0.4) is 0 Å². The fourth-order valence-electron chi connectivity index (χ4n) is 1.83. The number of hydrogen-bond acceptors (Lipinski definition) is 4. The van der Waals surface area contributed by atoms with E-state index in [1.54, 1.807) is 11.3 Å². The van der Waals surface area contributed by atoms with Gasteiger partial charge in [0.25, 0.3) is 0 Å². The van der Waals surface area contributed by atoms with Gasteiger partial charge in [0.15, 0.2) is 0 Å². The van der Waals surface area contributed by atoms with E-state index in [2.05, 4.69) is 42.9 Å². The summed E-state index contributed by atoms with van der Waals surface area (Å²) >= 11 is 8.55. The lowest BCUT2D eigenvalue weighted by atomic mass is 10.3. The van der Waals surface area contributed by atoms with E-state index in [1.807, 2.05) is 30.3 Å². The molecule has 0 aliphatic rings. The molecule has 0 unspecified atom stereocenters. The Morgan fingerprint density at radius 3 is 2.55 bits per heavy atom. The molecule has 0 saturated carbocycles. The molecule has 3 aromatic rings. The molecule has 0 spiro atoms. The zero-order chi connectivity index (χ0) is 14.1. The second-order valence-corrected chi connectivity index (χ2v) is 7.00. The van der Waals surface area contributed by atoms with Crippen LogP contribution in [0.4, 0.5) is 5.69 Å². The topological polar surface area (TPSA) is 48.1 Å². The maximum atomic E-state index is 5.84. The molecule has 3 rings (SSSR count). The van der Waals surface area contributed by atoms with Gasteiger partial charge in [0, 0.05) is 5.69 Å². The number of rotatable bonds is 3. The van der Waals surface area contributed by atoms with E-state index in [4.69, 9.17) is 10.5 Å². The highest BCUT2D eigenvalue weighted by Crippen LogP contribution is 2.36. The summed E-state index contributed by atoms with van der Waals surface area (Å²) in [7, 11) is 0. The second kappa shape index (κ2) is 5.71. The van der Waals surface area contributed by atoms with Crippen molar-refractivity contribution in [3.63, 3.8) is 0 Å². The van der Waals surface area contributed by atoms with Gasteiger partial charge >= 0.3 is 0 Å². The number of thiazole rings is 1. The molecule has 0 bridgehead atoms. The number of anilines is 1. The number of ether oxygens (including phenoxy) is 1. The Morgan fingerprint density at radius 2 is 1.85 bits per heavy atom. The lowest BCUT2D eigenvalue weighted by Gasteiger charge is -2.09. The van der Waals surface area contributed by atoms with Crippen LogP contribution in [0.25, 0.3) is 10.2 Å². The van der Waals surface area contributed by atoms with Crippen molar-refractivity contribution in [2.45, 2.75) is 6.61 Å². The minimum absolute atomic E-state index is 0.431. The van der Waals surface area contributed by atoms with Crippen molar-refractivity contribution in [3.8, 4) is 5.75 Å². The lowest BCUT2D eigenvalue weighted by Crippen LogP contribution is -1.97. The molecule has 2 N–H and O–H groups in total. The Morgan fingerprint density at radius 1 is 1.15 bits per heavy atom. The lowest BCUT2D eigenvalue weighted by molar-refractivity contribution is 0.302. The molecule has 102 valence electrons. The molecule has 0 saturated heterocycles. The van der Waals surface area contributed by atoms with Gasteiger partial charge in [-0.15, -0.1) is 11.3 Å². The maximum absolute atomic E-state index is 5.84. The molecular weight excluding hydrogens is 404 g/mol. The first-order valence-corrected chi connectivity index (χ1v) is 8.25. The molecule has 2 aromatic carbocycles. The summed E-state index contributed by atoms with van der Waals surface area (Å²) in [6.07, 6.45) is 0. The molecule has 0 aliphatic heterocycles. The molecule has 0 amide bonds. The van der Waals surface area contributed by atoms with Gasteiger partial charge in [0.05, 0.1) is 19.2 Å². The molecule has 0 atom stereocenters. The van der Waals surface area contributed by atoms with Crippen LogP contribution < -0.4 is 10.5 Å². The standard InChI is InChI=1S/C14H10Br2N2OS/c15-9-5-8(17)6-10(16)14(9)19-7-13-18-11-3-1-2-4-12(11)20-13/h1-6H,7,17H2. The predicted octanol–water partition coefficient (Wildman–Crippen LogP) is 4.98. The third kappa shape index (κ3) is 2.82. The first kappa shape index (κ1) is 13.9. The van der Waals surface area contributed by atoms with Gasteiger partial charge in [-0.3, -0.25) is 0 Å². The van der Waals surface area contributed by atoms with Gasteiger partial charge in [-0.1, -0.05) is 12.1 Å². The quantitative estimate of drug-likeness (QED) is 0.615. The van der Waals surface area contributed by atoms with Crippen molar-refractivity contribution in [1.82, 2.24) is 4.98 Å². The highest BCUT2D eigenvalue weighted by molar-refractivity contribution is 9.11. The van der Waals surface area contributed by atoms with E-state index in [-0.39, 0.29) is 0 Å². The van der Waals surface area contributed by atoms with Gasteiger partial charge in [-0.2, -0.15) is 0 Å². The average Bonchev–Trinajstić information content (AvgIpc) is 2.80. The fraction of sp³-hybridized carbons (Fsp3) is 0.0714. The van der Waals surface area contributed by atoms with Crippen molar-refractivity contribution < 1.29 is 4.74 Å². The third-order valence-electron chi connectivity index (χ3n) is 2.70. The molecule has 6 heteroatoms. The van der Waals surface area contributed by atoms with Crippen LogP contribution in [-0.4, -0.2) is 4.98 Å². The van der Waals surface area contributed by atoms with Gasteiger partial charge in [0.1, 0.15) is 17.4 Å². The molecule has 0 radical (unpaired) electrons. The van der Waals surface area contributed by atoms with Crippen LogP contribution in [0, 0.1) is 0 Å². The summed E-state index contributed by atoms with van der Waals surface area (Å²) in [5, 5.41) is 0.946. The normalized spacial score (nSPS) is 10.9. The Labute approximate surface area is 137 Å². The van der Waals surface area contributed by atoms with Gasteiger partial charge < -0.3 is 10.5 Å². The number of aromatic nitrogens is 1. The van der Waals surface area contributed by atoms with E-state index < -0.39 is 0 Å². The Kier molecular flexibility index (Phi) is 3.96. The van der Waals surface area contributed by atoms with E-state index in [1.165, 1.54) is 4.70 Å². The number of benzene rings is 2.